The van der Waals surface area contributed by atoms with Gasteiger partial charge in [-0.2, -0.15) is 0 Å². The summed E-state index contributed by atoms with van der Waals surface area (Å²) in [4.78, 5) is 33.1. The van der Waals surface area contributed by atoms with Crippen molar-refractivity contribution in [3.63, 3.8) is 0 Å². The molecule has 2 heterocycles. The summed E-state index contributed by atoms with van der Waals surface area (Å²) < 4.78 is 0. The number of carbonyl (C=O) groups excluding carboxylic acids is 2. The molecule has 0 saturated carbocycles. The molecule has 0 aliphatic rings. The molecule has 0 radical (unpaired) electrons. The lowest BCUT2D eigenvalue weighted by molar-refractivity contribution is -0.115. The van der Waals surface area contributed by atoms with Gasteiger partial charge in [-0.05, 0) is 47.5 Å². The Morgan fingerprint density at radius 2 is 1.55 bits per heavy atom. The summed E-state index contributed by atoms with van der Waals surface area (Å²) in [5, 5.41) is 9.44. The van der Waals surface area contributed by atoms with Crippen molar-refractivity contribution in [2.45, 2.75) is 13.0 Å². The van der Waals surface area contributed by atoms with Gasteiger partial charge >= 0.3 is 6.03 Å². The third-order valence-electron chi connectivity index (χ3n) is 4.67. The summed E-state index contributed by atoms with van der Waals surface area (Å²) in [5.41, 5.74) is 3.82. The lowest BCUT2D eigenvalue weighted by Crippen LogP contribution is -2.28. The van der Waals surface area contributed by atoms with Crippen LogP contribution in [0.25, 0.3) is 10.9 Å². The first-order valence-corrected chi connectivity index (χ1v) is 9.84. The van der Waals surface area contributed by atoms with Crippen LogP contribution in [-0.4, -0.2) is 21.9 Å². The quantitative estimate of drug-likeness (QED) is 0.444. The number of pyridine rings is 2. The van der Waals surface area contributed by atoms with E-state index in [1.165, 1.54) is 0 Å². The molecule has 154 valence electrons. The van der Waals surface area contributed by atoms with Crippen LogP contribution < -0.4 is 16.0 Å². The van der Waals surface area contributed by atoms with Crippen LogP contribution in [0.15, 0.2) is 85.3 Å². The molecule has 0 spiro atoms. The van der Waals surface area contributed by atoms with Crippen molar-refractivity contribution >= 4 is 34.2 Å². The first-order valence-electron chi connectivity index (χ1n) is 9.84. The third kappa shape index (κ3) is 5.42. The van der Waals surface area contributed by atoms with Crippen molar-refractivity contribution in [2.75, 3.05) is 10.6 Å². The molecule has 0 saturated heterocycles. The molecular weight excluding hydrogens is 390 g/mol. The second-order valence-electron chi connectivity index (χ2n) is 6.96. The fourth-order valence-electron chi connectivity index (χ4n) is 3.22. The van der Waals surface area contributed by atoms with Crippen LogP contribution in [0.4, 0.5) is 16.2 Å². The number of para-hydroxylation sites is 1. The molecule has 31 heavy (non-hydrogen) atoms. The van der Waals surface area contributed by atoms with Crippen LogP contribution in [0.2, 0.25) is 0 Å². The molecule has 7 heteroatoms. The van der Waals surface area contributed by atoms with Gasteiger partial charge in [-0.25, -0.2) is 4.79 Å². The van der Waals surface area contributed by atoms with Crippen LogP contribution in [0.3, 0.4) is 0 Å². The van der Waals surface area contributed by atoms with Crippen molar-refractivity contribution in [3.05, 3.63) is 96.4 Å². The zero-order valence-electron chi connectivity index (χ0n) is 16.7. The zero-order valence-corrected chi connectivity index (χ0v) is 16.7. The fraction of sp³-hybridized carbons (Fsp3) is 0.0833. The summed E-state index contributed by atoms with van der Waals surface area (Å²) in [7, 11) is 0. The lowest BCUT2D eigenvalue weighted by Gasteiger charge is -2.10. The van der Waals surface area contributed by atoms with E-state index in [4.69, 9.17) is 0 Å². The maximum Gasteiger partial charge on any atom is 0.319 e. The maximum absolute atomic E-state index is 12.6. The molecular formula is C24H21N5O2. The number of nitrogens with one attached hydrogen (secondary N) is 3. The van der Waals surface area contributed by atoms with E-state index in [2.05, 4.69) is 25.9 Å². The Labute approximate surface area is 179 Å². The molecule has 3 N–H and O–H groups in total. The monoisotopic (exact) mass is 411 g/mol. The molecule has 2 aromatic heterocycles. The predicted octanol–water partition coefficient (Wildman–Crippen LogP) is 4.13. The average Bonchev–Trinajstić information content (AvgIpc) is 2.79. The van der Waals surface area contributed by atoms with Crippen molar-refractivity contribution in [2.24, 2.45) is 0 Å². The number of nitrogens with zero attached hydrogens (tertiary/aromatic N) is 2. The normalized spacial score (nSPS) is 10.5. The van der Waals surface area contributed by atoms with Crippen LogP contribution in [-0.2, 0) is 17.8 Å². The zero-order chi connectivity index (χ0) is 21.5. The molecule has 7 nitrogen and oxygen atoms in total. The van der Waals surface area contributed by atoms with E-state index >= 15 is 0 Å². The van der Waals surface area contributed by atoms with Crippen LogP contribution >= 0.6 is 0 Å². The summed E-state index contributed by atoms with van der Waals surface area (Å²) >= 11 is 0. The Bertz CT molecular complexity index is 1210. The highest BCUT2D eigenvalue weighted by molar-refractivity contribution is 5.96. The molecule has 4 rings (SSSR count). The number of hydrogen-bond donors (Lipinski definition) is 3. The molecule has 0 aliphatic heterocycles. The number of rotatable bonds is 6. The molecule has 0 atom stereocenters. The Balaban J connectivity index is 1.35. The molecule has 3 amide bonds. The number of amides is 3. The van der Waals surface area contributed by atoms with Gasteiger partial charge in [0.1, 0.15) is 0 Å². The first-order chi connectivity index (χ1) is 15.2. The Kier molecular flexibility index (Phi) is 6.13. The number of urea groups is 1. The number of hydrogen-bond acceptors (Lipinski definition) is 4. The van der Waals surface area contributed by atoms with E-state index in [-0.39, 0.29) is 18.4 Å². The van der Waals surface area contributed by atoms with E-state index in [9.17, 15) is 9.59 Å². The van der Waals surface area contributed by atoms with Gasteiger partial charge in [0, 0.05) is 41.9 Å². The number of carbonyl (C=O) groups is 2. The highest BCUT2D eigenvalue weighted by Gasteiger charge is 2.09. The summed E-state index contributed by atoms with van der Waals surface area (Å²) in [6, 6.07) is 20.0. The van der Waals surface area contributed by atoms with Crippen molar-refractivity contribution < 1.29 is 9.59 Å². The highest BCUT2D eigenvalue weighted by Crippen LogP contribution is 2.18. The highest BCUT2D eigenvalue weighted by atomic mass is 16.2. The van der Waals surface area contributed by atoms with Gasteiger partial charge in [0.25, 0.3) is 0 Å². The molecule has 4 aromatic rings. The van der Waals surface area contributed by atoms with Gasteiger partial charge in [-0.3, -0.25) is 14.8 Å². The van der Waals surface area contributed by atoms with Crippen molar-refractivity contribution in [1.29, 1.82) is 0 Å². The standard InChI is InChI=1S/C24H21N5O2/c30-22(14-19-5-1-4-18-6-3-11-26-23(18)19)28-20-7-2-8-21(15-20)29-24(31)27-16-17-9-12-25-13-10-17/h1-13,15H,14,16H2,(H,28,30)(H2,27,29,31). The maximum atomic E-state index is 12.6. The van der Waals surface area contributed by atoms with Gasteiger partial charge in [0.05, 0.1) is 11.9 Å². The van der Waals surface area contributed by atoms with E-state index in [0.29, 0.717) is 17.9 Å². The number of aromatic nitrogens is 2. The van der Waals surface area contributed by atoms with Gasteiger partial charge in [-0.15, -0.1) is 0 Å². The minimum atomic E-state index is -0.331. The smallest absolute Gasteiger partial charge is 0.319 e. The SMILES string of the molecule is O=C(Cc1cccc2cccnc12)Nc1cccc(NC(=O)NCc2ccncc2)c1. The van der Waals surface area contributed by atoms with Crippen LogP contribution in [0.1, 0.15) is 11.1 Å². The second-order valence-corrected chi connectivity index (χ2v) is 6.96. The molecule has 0 aliphatic carbocycles. The summed E-state index contributed by atoms with van der Waals surface area (Å²) in [6.45, 7) is 0.393. The topological polar surface area (TPSA) is 96.0 Å². The van der Waals surface area contributed by atoms with E-state index in [1.807, 2.05) is 42.5 Å². The van der Waals surface area contributed by atoms with Gasteiger partial charge < -0.3 is 16.0 Å². The molecule has 2 aromatic carbocycles. The van der Waals surface area contributed by atoms with Crippen molar-refractivity contribution in [1.82, 2.24) is 15.3 Å². The average molecular weight is 411 g/mol. The Morgan fingerprint density at radius 3 is 2.39 bits per heavy atom. The molecule has 0 bridgehead atoms. The van der Waals surface area contributed by atoms with Gasteiger partial charge in [0.15, 0.2) is 0 Å². The van der Waals surface area contributed by atoms with Crippen molar-refractivity contribution in [3.8, 4) is 0 Å². The van der Waals surface area contributed by atoms with Gasteiger partial charge in [-0.1, -0.05) is 30.3 Å². The largest absolute Gasteiger partial charge is 0.334 e. The van der Waals surface area contributed by atoms with Gasteiger partial charge in [0.2, 0.25) is 5.91 Å². The second kappa shape index (κ2) is 9.49. The third-order valence-corrected chi connectivity index (χ3v) is 4.67. The lowest BCUT2D eigenvalue weighted by atomic mass is 10.1. The predicted molar refractivity (Wildman–Crippen MR) is 121 cm³/mol. The number of fused-ring (bicyclic) bond motifs is 1. The molecule has 0 fully saturated rings. The minimum absolute atomic E-state index is 0.155. The molecule has 0 unspecified atom stereocenters. The Hall–Kier alpha value is -4.26. The first kappa shape index (κ1) is 20.0. The van der Waals surface area contributed by atoms with Crippen LogP contribution in [0.5, 0.6) is 0 Å². The van der Waals surface area contributed by atoms with Crippen LogP contribution in [0, 0.1) is 0 Å². The number of anilines is 2. The number of benzene rings is 2. The van der Waals surface area contributed by atoms with E-state index in [1.54, 1.807) is 42.9 Å². The fourth-order valence-corrected chi connectivity index (χ4v) is 3.22. The summed E-state index contributed by atoms with van der Waals surface area (Å²) in [5.74, 6) is -0.155. The minimum Gasteiger partial charge on any atom is -0.334 e. The van der Waals surface area contributed by atoms with E-state index < -0.39 is 0 Å². The Morgan fingerprint density at radius 1 is 0.806 bits per heavy atom. The summed E-state index contributed by atoms with van der Waals surface area (Å²) in [6.07, 6.45) is 5.28. The van der Waals surface area contributed by atoms with E-state index in [0.717, 1.165) is 22.0 Å².